The summed E-state index contributed by atoms with van der Waals surface area (Å²) in [6.07, 6.45) is 4.58. The second kappa shape index (κ2) is 16.5. The molecule has 0 unspecified atom stereocenters. The first kappa shape index (κ1) is 32.5. The molecule has 0 atom stereocenters. The molecule has 0 spiro atoms. The van der Waals surface area contributed by atoms with Crippen LogP contribution in [0.2, 0.25) is 0 Å². The second-order valence-electron chi connectivity index (χ2n) is 10.4. The summed E-state index contributed by atoms with van der Waals surface area (Å²) in [7, 11) is 0. The van der Waals surface area contributed by atoms with Gasteiger partial charge in [-0.2, -0.15) is 0 Å². The first-order chi connectivity index (χ1) is 21.7. The zero-order chi connectivity index (χ0) is 32.0. The molecule has 0 aromatic heterocycles. The van der Waals surface area contributed by atoms with E-state index >= 15 is 0 Å². The van der Waals surface area contributed by atoms with E-state index in [4.69, 9.17) is 0 Å². The van der Waals surface area contributed by atoms with Crippen LogP contribution >= 0.6 is 0 Å². The van der Waals surface area contributed by atoms with Gasteiger partial charge in [-0.15, -0.1) is 0 Å². The van der Waals surface area contributed by atoms with Gasteiger partial charge < -0.3 is 21.3 Å². The normalized spacial score (nSPS) is 10.5. The zero-order valence-electron chi connectivity index (χ0n) is 24.6. The summed E-state index contributed by atoms with van der Waals surface area (Å²) >= 11 is 0. The highest BCUT2D eigenvalue weighted by molar-refractivity contribution is 6.06. The fraction of sp³-hybridized carbons (Fsp3) is 0.200. The summed E-state index contributed by atoms with van der Waals surface area (Å²) in [6.45, 7) is 0. The second-order valence-corrected chi connectivity index (χ2v) is 10.4. The van der Waals surface area contributed by atoms with Gasteiger partial charge in [0.2, 0.25) is 11.8 Å². The van der Waals surface area contributed by atoms with Gasteiger partial charge in [-0.1, -0.05) is 31.4 Å². The van der Waals surface area contributed by atoms with Crippen molar-refractivity contribution < 1.29 is 28.0 Å². The molecule has 0 heterocycles. The number of anilines is 4. The average Bonchev–Trinajstić information content (AvgIpc) is 3.03. The Morgan fingerprint density at radius 2 is 0.822 bits per heavy atom. The van der Waals surface area contributed by atoms with Crippen LogP contribution < -0.4 is 21.3 Å². The van der Waals surface area contributed by atoms with E-state index in [9.17, 15) is 28.0 Å². The van der Waals surface area contributed by atoms with E-state index < -0.39 is 11.6 Å². The van der Waals surface area contributed by atoms with E-state index in [2.05, 4.69) is 21.3 Å². The molecule has 4 aromatic carbocycles. The van der Waals surface area contributed by atoms with Crippen LogP contribution in [0, 0.1) is 11.6 Å². The van der Waals surface area contributed by atoms with Gasteiger partial charge in [0.15, 0.2) is 0 Å². The van der Waals surface area contributed by atoms with E-state index in [0.29, 0.717) is 59.6 Å². The maximum Gasteiger partial charge on any atom is 0.255 e. The van der Waals surface area contributed by atoms with Gasteiger partial charge in [0.05, 0.1) is 0 Å². The molecule has 0 radical (unpaired) electrons. The molecule has 8 nitrogen and oxygen atoms in total. The van der Waals surface area contributed by atoms with Crippen molar-refractivity contribution in [3.8, 4) is 0 Å². The average molecular weight is 613 g/mol. The lowest BCUT2D eigenvalue weighted by molar-refractivity contribution is -0.117. The van der Waals surface area contributed by atoms with Crippen molar-refractivity contribution in [3.05, 3.63) is 120 Å². The number of hydrogen-bond acceptors (Lipinski definition) is 4. The first-order valence-electron chi connectivity index (χ1n) is 14.7. The predicted octanol–water partition coefficient (Wildman–Crippen LogP) is 7.78. The molecule has 4 aromatic rings. The third kappa shape index (κ3) is 11.0. The van der Waals surface area contributed by atoms with E-state index in [1.165, 1.54) is 48.5 Å². The molecular formula is C35H34F2N4O4. The molecule has 0 aliphatic heterocycles. The number of unbranched alkanes of at least 4 members (excludes halogenated alkanes) is 4. The van der Waals surface area contributed by atoms with Crippen LogP contribution in [0.4, 0.5) is 31.5 Å². The Morgan fingerprint density at radius 3 is 1.22 bits per heavy atom. The van der Waals surface area contributed by atoms with Crippen molar-refractivity contribution in [1.29, 1.82) is 0 Å². The minimum Gasteiger partial charge on any atom is -0.326 e. The number of carbonyl (C=O) groups is 4. The largest absolute Gasteiger partial charge is 0.326 e. The van der Waals surface area contributed by atoms with Gasteiger partial charge in [-0.05, 0) is 97.8 Å². The van der Waals surface area contributed by atoms with Crippen LogP contribution in [0.15, 0.2) is 97.1 Å². The zero-order valence-corrected chi connectivity index (χ0v) is 24.6. The number of benzene rings is 4. The first-order valence-corrected chi connectivity index (χ1v) is 14.7. The number of amides is 4. The molecule has 0 aliphatic carbocycles. The molecule has 0 fully saturated rings. The Kier molecular flexibility index (Phi) is 11.9. The molecule has 0 aliphatic rings. The smallest absolute Gasteiger partial charge is 0.255 e. The molecular weight excluding hydrogens is 578 g/mol. The van der Waals surface area contributed by atoms with Gasteiger partial charge in [-0.3, -0.25) is 19.2 Å². The van der Waals surface area contributed by atoms with E-state index in [-0.39, 0.29) is 23.6 Å². The lowest BCUT2D eigenvalue weighted by atomic mass is 10.1. The Labute approximate surface area is 260 Å². The quantitative estimate of drug-likeness (QED) is 0.109. The molecule has 0 bridgehead atoms. The van der Waals surface area contributed by atoms with E-state index in [0.717, 1.165) is 19.3 Å². The van der Waals surface area contributed by atoms with E-state index in [1.807, 2.05) is 0 Å². The summed E-state index contributed by atoms with van der Waals surface area (Å²) in [6, 6.07) is 24.1. The van der Waals surface area contributed by atoms with Gasteiger partial charge in [-0.25, -0.2) is 8.78 Å². The van der Waals surface area contributed by atoms with Crippen molar-refractivity contribution in [3.63, 3.8) is 0 Å². The van der Waals surface area contributed by atoms with Gasteiger partial charge in [0.25, 0.3) is 11.8 Å². The van der Waals surface area contributed by atoms with Crippen molar-refractivity contribution in [1.82, 2.24) is 0 Å². The minimum atomic E-state index is -0.394. The van der Waals surface area contributed by atoms with Crippen LogP contribution in [0.25, 0.3) is 0 Å². The molecule has 45 heavy (non-hydrogen) atoms. The number of halogens is 2. The summed E-state index contributed by atoms with van der Waals surface area (Å²) in [5.41, 5.74) is 2.68. The lowest BCUT2D eigenvalue weighted by Crippen LogP contribution is -2.14. The van der Waals surface area contributed by atoms with Crippen LogP contribution in [0.5, 0.6) is 0 Å². The van der Waals surface area contributed by atoms with Crippen molar-refractivity contribution in [2.45, 2.75) is 44.9 Å². The molecule has 0 saturated carbocycles. The molecule has 232 valence electrons. The fourth-order valence-corrected chi connectivity index (χ4v) is 4.50. The van der Waals surface area contributed by atoms with Crippen LogP contribution in [0.3, 0.4) is 0 Å². The summed E-state index contributed by atoms with van der Waals surface area (Å²) in [4.78, 5) is 49.8. The number of carbonyl (C=O) groups excluding carboxylic acids is 4. The van der Waals surface area contributed by atoms with Gasteiger partial charge in [0.1, 0.15) is 11.6 Å². The standard InChI is InChI=1S/C35H34F2N4O4/c36-26-14-18-28(19-15-26)40-34(44)24-8-6-10-30(22-24)38-32(42)12-4-2-1-3-5-13-33(43)39-31-11-7-9-25(23-31)35(45)41-29-20-16-27(37)17-21-29/h6-11,14-23H,1-5,12-13H2,(H,38,42)(H,39,43)(H,40,44)(H,41,45). The van der Waals surface area contributed by atoms with Gasteiger partial charge in [0, 0.05) is 46.7 Å². The van der Waals surface area contributed by atoms with E-state index in [1.54, 1.807) is 48.5 Å². The topological polar surface area (TPSA) is 116 Å². The third-order valence-electron chi connectivity index (χ3n) is 6.83. The highest BCUT2D eigenvalue weighted by atomic mass is 19.1. The lowest BCUT2D eigenvalue weighted by Gasteiger charge is -2.09. The molecule has 4 amide bonds. The highest BCUT2D eigenvalue weighted by Crippen LogP contribution is 2.17. The van der Waals surface area contributed by atoms with Crippen molar-refractivity contribution in [2.24, 2.45) is 0 Å². The number of rotatable bonds is 14. The Morgan fingerprint density at radius 1 is 0.444 bits per heavy atom. The van der Waals surface area contributed by atoms with Crippen molar-refractivity contribution >= 4 is 46.4 Å². The number of hydrogen-bond donors (Lipinski definition) is 4. The van der Waals surface area contributed by atoms with Gasteiger partial charge >= 0.3 is 0 Å². The monoisotopic (exact) mass is 612 g/mol. The summed E-state index contributed by atoms with van der Waals surface area (Å²) in [5, 5.41) is 11.0. The van der Waals surface area contributed by atoms with Crippen molar-refractivity contribution in [2.75, 3.05) is 21.3 Å². The molecule has 4 rings (SSSR count). The minimum absolute atomic E-state index is 0.154. The van der Waals surface area contributed by atoms with Crippen LogP contribution in [0.1, 0.15) is 65.7 Å². The molecule has 4 N–H and O–H groups in total. The maximum atomic E-state index is 13.1. The predicted molar refractivity (Wildman–Crippen MR) is 171 cm³/mol. The molecule has 0 saturated heterocycles. The SMILES string of the molecule is O=C(CCCCCCCC(=O)Nc1cccc(C(=O)Nc2ccc(F)cc2)c1)Nc1cccc(C(=O)Nc2ccc(F)cc2)c1. The Balaban J connectivity index is 1.09. The Hall–Kier alpha value is -5.38. The van der Waals surface area contributed by atoms with Crippen LogP contribution in [-0.4, -0.2) is 23.6 Å². The number of nitrogens with one attached hydrogen (secondary N) is 4. The summed E-state index contributed by atoms with van der Waals surface area (Å²) < 4.78 is 26.2. The fourth-order valence-electron chi connectivity index (χ4n) is 4.50. The third-order valence-corrected chi connectivity index (χ3v) is 6.83. The highest BCUT2D eigenvalue weighted by Gasteiger charge is 2.11. The Bertz CT molecular complexity index is 1500. The maximum absolute atomic E-state index is 13.1. The summed E-state index contributed by atoms with van der Waals surface area (Å²) in [5.74, 6) is -1.83. The van der Waals surface area contributed by atoms with Crippen LogP contribution in [-0.2, 0) is 9.59 Å². The molecule has 10 heteroatoms.